The second-order valence-corrected chi connectivity index (χ2v) is 5.69. The van der Waals surface area contributed by atoms with Gasteiger partial charge in [-0.05, 0) is 25.5 Å². The molecule has 2 heterocycles. The minimum absolute atomic E-state index is 0.0384. The molecular weight excluding hydrogens is 282 g/mol. The molecule has 120 valence electrons. The van der Waals surface area contributed by atoms with E-state index in [1.165, 1.54) is 0 Å². The van der Waals surface area contributed by atoms with E-state index in [4.69, 9.17) is 9.84 Å². The molecule has 0 bridgehead atoms. The molecule has 0 aliphatic carbocycles. The molecule has 1 saturated heterocycles. The van der Waals surface area contributed by atoms with E-state index >= 15 is 0 Å². The van der Waals surface area contributed by atoms with Gasteiger partial charge in [-0.25, -0.2) is 0 Å². The van der Waals surface area contributed by atoms with E-state index in [-0.39, 0.29) is 12.5 Å². The van der Waals surface area contributed by atoms with Gasteiger partial charge in [-0.1, -0.05) is 6.07 Å². The summed E-state index contributed by atoms with van der Waals surface area (Å²) in [5, 5.41) is 12.5. The molecule has 0 spiro atoms. The van der Waals surface area contributed by atoms with Crippen LogP contribution in [0.15, 0.2) is 18.2 Å². The van der Waals surface area contributed by atoms with Crippen molar-refractivity contribution in [2.24, 2.45) is 0 Å². The van der Waals surface area contributed by atoms with Gasteiger partial charge in [0.25, 0.3) is 5.91 Å². The van der Waals surface area contributed by atoms with Gasteiger partial charge in [-0.3, -0.25) is 4.79 Å². The minimum Gasteiger partial charge on any atom is -0.479 e. The molecule has 0 aromatic heterocycles. The topological polar surface area (TPSA) is 65.0 Å². The van der Waals surface area contributed by atoms with Crippen LogP contribution in [0.5, 0.6) is 5.75 Å². The number of amides is 1. The third kappa shape index (κ3) is 2.76. The number of hydrogen-bond donors (Lipinski definition) is 2. The van der Waals surface area contributed by atoms with Crippen molar-refractivity contribution in [1.29, 1.82) is 0 Å². The molecule has 2 N–H and O–H groups in total. The molecule has 2 aliphatic rings. The maximum absolute atomic E-state index is 12.5. The molecule has 1 atom stereocenters. The lowest BCUT2D eigenvalue weighted by molar-refractivity contribution is -0.125. The normalized spacial score (nSPS) is 21.5. The average Bonchev–Trinajstić information content (AvgIpc) is 2.55. The van der Waals surface area contributed by atoms with E-state index in [9.17, 15) is 4.79 Å². The quantitative estimate of drug-likeness (QED) is 0.852. The van der Waals surface area contributed by atoms with Gasteiger partial charge in [0.1, 0.15) is 11.4 Å². The predicted octanol–water partition coefficient (Wildman–Crippen LogP) is 0.592. The molecule has 1 unspecified atom stereocenters. The summed E-state index contributed by atoms with van der Waals surface area (Å²) in [4.78, 5) is 16.6. The van der Waals surface area contributed by atoms with Gasteiger partial charge >= 0.3 is 0 Å². The van der Waals surface area contributed by atoms with Crippen LogP contribution >= 0.6 is 0 Å². The number of piperazine rings is 1. The molecule has 1 amide bonds. The van der Waals surface area contributed by atoms with Crippen LogP contribution in [-0.2, 0) is 4.79 Å². The minimum atomic E-state index is -0.482. The fraction of sp³-hybridized carbons (Fsp3) is 0.562. The maximum Gasteiger partial charge on any atom is 0.267 e. The fourth-order valence-corrected chi connectivity index (χ4v) is 3.06. The second kappa shape index (κ2) is 6.54. The number of aliphatic hydroxyl groups excluding tert-OH is 1. The van der Waals surface area contributed by atoms with Gasteiger partial charge in [0.05, 0.1) is 5.69 Å². The molecule has 3 rings (SSSR count). The van der Waals surface area contributed by atoms with E-state index in [0.29, 0.717) is 13.0 Å². The summed E-state index contributed by atoms with van der Waals surface area (Å²) in [5.74, 6) is 0.713. The Kier molecular flexibility index (Phi) is 4.49. The lowest BCUT2D eigenvalue weighted by atomic mass is 10.1. The molecule has 1 aromatic rings. The van der Waals surface area contributed by atoms with Crippen molar-refractivity contribution in [3.05, 3.63) is 18.2 Å². The highest BCUT2D eigenvalue weighted by Gasteiger charge is 2.34. The molecule has 6 heteroatoms. The van der Waals surface area contributed by atoms with Crippen molar-refractivity contribution in [3.63, 3.8) is 0 Å². The summed E-state index contributed by atoms with van der Waals surface area (Å²) < 4.78 is 5.79. The Balaban J connectivity index is 1.99. The molecule has 1 aromatic carbocycles. The van der Waals surface area contributed by atoms with E-state index in [1.807, 2.05) is 18.2 Å². The van der Waals surface area contributed by atoms with Crippen molar-refractivity contribution < 1.29 is 14.6 Å². The van der Waals surface area contributed by atoms with Crippen LogP contribution in [0.3, 0.4) is 0 Å². The summed E-state index contributed by atoms with van der Waals surface area (Å²) in [7, 11) is 0. The zero-order valence-electron chi connectivity index (χ0n) is 12.9. The third-order valence-electron chi connectivity index (χ3n) is 4.16. The summed E-state index contributed by atoms with van der Waals surface area (Å²) in [6, 6.07) is 5.93. The van der Waals surface area contributed by atoms with E-state index < -0.39 is 6.10 Å². The Bertz CT molecular complexity index is 543. The number of aliphatic hydroxyl groups is 1. The van der Waals surface area contributed by atoms with Crippen molar-refractivity contribution >= 4 is 17.3 Å². The first-order valence-electron chi connectivity index (χ1n) is 7.90. The standard InChI is InChI=1S/C16H23N3O3/c1-12-16(21)19(8-3-11-20)15-13(4-2-5-14(15)22-12)18-9-6-17-7-10-18/h2,4-5,12,17,20H,3,6-11H2,1H3. The molecule has 1 fully saturated rings. The molecule has 22 heavy (non-hydrogen) atoms. The number of benzene rings is 1. The van der Waals surface area contributed by atoms with Gasteiger partial charge in [-0.2, -0.15) is 0 Å². The Morgan fingerprint density at radius 3 is 2.86 bits per heavy atom. The Morgan fingerprint density at radius 1 is 1.36 bits per heavy atom. The van der Waals surface area contributed by atoms with Crippen molar-refractivity contribution in [2.75, 3.05) is 49.1 Å². The molecule has 6 nitrogen and oxygen atoms in total. The number of anilines is 2. The Hall–Kier alpha value is -1.79. The van der Waals surface area contributed by atoms with Crippen LogP contribution in [0.4, 0.5) is 11.4 Å². The SMILES string of the molecule is CC1Oc2cccc(N3CCNCC3)c2N(CCCO)C1=O. The molecule has 2 aliphatic heterocycles. The van der Waals surface area contributed by atoms with Gasteiger partial charge < -0.3 is 25.0 Å². The van der Waals surface area contributed by atoms with Gasteiger partial charge in [0.2, 0.25) is 0 Å². The number of fused-ring (bicyclic) bond motifs is 1. The van der Waals surface area contributed by atoms with Crippen LogP contribution in [0, 0.1) is 0 Å². The van der Waals surface area contributed by atoms with Crippen molar-refractivity contribution in [1.82, 2.24) is 5.32 Å². The molecule has 0 radical (unpaired) electrons. The summed E-state index contributed by atoms with van der Waals surface area (Å²) in [6.07, 6.45) is 0.0813. The first-order valence-corrected chi connectivity index (χ1v) is 7.90. The lowest BCUT2D eigenvalue weighted by Crippen LogP contribution is -2.48. The highest BCUT2D eigenvalue weighted by atomic mass is 16.5. The smallest absolute Gasteiger partial charge is 0.267 e. The number of hydrogen-bond acceptors (Lipinski definition) is 5. The van der Waals surface area contributed by atoms with Crippen LogP contribution in [0.2, 0.25) is 0 Å². The van der Waals surface area contributed by atoms with Crippen molar-refractivity contribution in [2.45, 2.75) is 19.4 Å². The van der Waals surface area contributed by atoms with Crippen LogP contribution in [-0.4, -0.2) is 56.4 Å². The van der Waals surface area contributed by atoms with E-state index in [2.05, 4.69) is 10.2 Å². The lowest BCUT2D eigenvalue weighted by Gasteiger charge is -2.38. The maximum atomic E-state index is 12.5. The number of rotatable bonds is 4. The monoisotopic (exact) mass is 305 g/mol. The number of carbonyl (C=O) groups excluding carboxylic acids is 1. The highest BCUT2D eigenvalue weighted by Crippen LogP contribution is 2.42. The van der Waals surface area contributed by atoms with Gasteiger partial charge in [0.15, 0.2) is 6.10 Å². The summed E-state index contributed by atoms with van der Waals surface area (Å²) in [5.41, 5.74) is 1.89. The van der Waals surface area contributed by atoms with Crippen LogP contribution < -0.4 is 19.9 Å². The summed E-state index contributed by atoms with van der Waals surface area (Å²) in [6.45, 7) is 6.05. The predicted molar refractivity (Wildman–Crippen MR) is 85.7 cm³/mol. The number of nitrogens with one attached hydrogen (secondary N) is 1. The molecule has 0 saturated carbocycles. The third-order valence-corrected chi connectivity index (χ3v) is 4.16. The number of para-hydroxylation sites is 1. The van der Waals surface area contributed by atoms with Crippen LogP contribution in [0.25, 0.3) is 0 Å². The van der Waals surface area contributed by atoms with Gasteiger partial charge in [-0.15, -0.1) is 0 Å². The van der Waals surface area contributed by atoms with Crippen molar-refractivity contribution in [3.8, 4) is 5.75 Å². The second-order valence-electron chi connectivity index (χ2n) is 5.69. The highest BCUT2D eigenvalue weighted by molar-refractivity contribution is 6.03. The van der Waals surface area contributed by atoms with Gasteiger partial charge in [0, 0.05) is 39.3 Å². The first kappa shape index (κ1) is 15.1. The average molecular weight is 305 g/mol. The van der Waals surface area contributed by atoms with E-state index in [1.54, 1.807) is 11.8 Å². The number of carbonyl (C=O) groups is 1. The summed E-state index contributed by atoms with van der Waals surface area (Å²) >= 11 is 0. The zero-order chi connectivity index (χ0) is 15.5. The number of ether oxygens (including phenoxy) is 1. The number of nitrogens with zero attached hydrogens (tertiary/aromatic N) is 2. The molecular formula is C16H23N3O3. The zero-order valence-corrected chi connectivity index (χ0v) is 12.9. The Morgan fingerprint density at radius 2 is 2.14 bits per heavy atom. The Labute approximate surface area is 130 Å². The fourth-order valence-electron chi connectivity index (χ4n) is 3.06. The first-order chi connectivity index (χ1) is 10.7. The van der Waals surface area contributed by atoms with E-state index in [0.717, 1.165) is 43.3 Å². The van der Waals surface area contributed by atoms with Crippen LogP contribution in [0.1, 0.15) is 13.3 Å². The largest absolute Gasteiger partial charge is 0.479 e.